The fourth-order valence-electron chi connectivity index (χ4n) is 6.91. The first kappa shape index (κ1) is 35.7. The number of hydrogen-bond acceptors (Lipinski definition) is 10. The highest BCUT2D eigenvalue weighted by Gasteiger charge is 2.50. The first-order valence-corrected chi connectivity index (χ1v) is 18.9. The van der Waals surface area contributed by atoms with Gasteiger partial charge in [0, 0.05) is 42.3 Å². The summed E-state index contributed by atoms with van der Waals surface area (Å²) < 4.78 is 69.0. The zero-order chi connectivity index (χ0) is 36.0. The lowest BCUT2D eigenvalue weighted by Gasteiger charge is -2.36. The number of halogens is 1. The number of sulfonamides is 1. The van der Waals surface area contributed by atoms with Crippen LogP contribution >= 0.6 is 11.3 Å². The number of hydrogen-bond donors (Lipinski definition) is 0. The molecular formula is C35H43FN4O8S2. The molecular weight excluding hydrogens is 688 g/mol. The van der Waals surface area contributed by atoms with E-state index in [2.05, 4.69) is 4.98 Å². The highest BCUT2D eigenvalue weighted by Crippen LogP contribution is 2.59. The number of methoxy groups -OCH3 is 2. The van der Waals surface area contributed by atoms with E-state index in [4.69, 9.17) is 18.6 Å². The second-order valence-corrected chi connectivity index (χ2v) is 16.8. The van der Waals surface area contributed by atoms with Crippen molar-refractivity contribution in [3.63, 3.8) is 0 Å². The molecule has 4 aromatic rings. The van der Waals surface area contributed by atoms with Crippen molar-refractivity contribution in [2.75, 3.05) is 31.6 Å². The lowest BCUT2D eigenvalue weighted by atomic mass is 9.82. The van der Waals surface area contributed by atoms with Crippen molar-refractivity contribution in [3.05, 3.63) is 63.8 Å². The monoisotopic (exact) mass is 730 g/mol. The third-order valence-corrected chi connectivity index (χ3v) is 12.5. The zero-order valence-corrected chi connectivity index (χ0v) is 30.7. The van der Waals surface area contributed by atoms with Gasteiger partial charge in [-0.05, 0) is 95.4 Å². The van der Waals surface area contributed by atoms with Gasteiger partial charge in [0.15, 0.2) is 16.5 Å². The maximum Gasteiger partial charge on any atom is 0.420 e. The minimum atomic E-state index is -4.55. The maximum absolute atomic E-state index is 16.3. The molecule has 1 amide bonds. The molecule has 6 rings (SSSR count). The van der Waals surface area contributed by atoms with E-state index in [0.29, 0.717) is 36.1 Å². The van der Waals surface area contributed by atoms with Crippen LogP contribution in [0.4, 0.5) is 14.3 Å². The van der Waals surface area contributed by atoms with Gasteiger partial charge in [0.2, 0.25) is 0 Å². The zero-order valence-electron chi connectivity index (χ0n) is 29.1. The van der Waals surface area contributed by atoms with Crippen molar-refractivity contribution in [1.29, 1.82) is 0 Å². The molecule has 2 aromatic carbocycles. The molecule has 1 aliphatic carbocycles. The predicted octanol–water partition coefficient (Wildman–Crippen LogP) is 6.98. The summed E-state index contributed by atoms with van der Waals surface area (Å²) >= 11 is 1.08. The summed E-state index contributed by atoms with van der Waals surface area (Å²) in [5.41, 5.74) is -0.462. The van der Waals surface area contributed by atoms with Gasteiger partial charge in [-0.25, -0.2) is 31.7 Å². The topological polar surface area (TPSA) is 133 Å². The number of anilines is 1. The molecule has 3 heterocycles. The van der Waals surface area contributed by atoms with Gasteiger partial charge in [0.25, 0.3) is 10.0 Å². The van der Waals surface area contributed by atoms with Crippen LogP contribution in [-0.4, -0.2) is 61.9 Å². The minimum Gasteiger partial charge on any atom is -0.497 e. The second kappa shape index (κ2) is 13.5. The Hall–Kier alpha value is -4.11. The Bertz CT molecular complexity index is 2030. The Morgan fingerprint density at radius 3 is 2.48 bits per heavy atom. The number of amides is 1. The Balaban J connectivity index is 1.25. The average molecular weight is 731 g/mol. The molecule has 2 aromatic heterocycles. The van der Waals surface area contributed by atoms with Gasteiger partial charge < -0.3 is 23.5 Å². The number of likely N-dealkylation sites (tertiary alicyclic amines) is 1. The van der Waals surface area contributed by atoms with Crippen LogP contribution in [0.15, 0.2) is 56.0 Å². The number of rotatable bonds is 11. The fraction of sp³-hybridized carbons (Fsp3) is 0.514. The SMILES string of the molecule is COc1ccc(CN(c2nccs2)S(=O)(=O)c2ccc3c(oc(=O)n3C(C)C3(CC4CCN(C(=O)OC(C)(C)C)CC4)CC3)c2F)c(OC)c1. The summed E-state index contributed by atoms with van der Waals surface area (Å²) in [6.07, 6.45) is 5.44. The molecule has 1 atom stereocenters. The third-order valence-electron chi connectivity index (χ3n) is 9.82. The second-order valence-electron chi connectivity index (χ2n) is 14.1. The van der Waals surface area contributed by atoms with Crippen molar-refractivity contribution in [2.24, 2.45) is 11.3 Å². The number of aromatic nitrogens is 2. The molecule has 1 unspecified atom stereocenters. The number of benzene rings is 2. The van der Waals surface area contributed by atoms with E-state index in [0.717, 1.165) is 47.7 Å². The molecule has 1 saturated carbocycles. The van der Waals surface area contributed by atoms with Crippen LogP contribution in [0.3, 0.4) is 0 Å². The first-order valence-electron chi connectivity index (χ1n) is 16.6. The first-order chi connectivity index (χ1) is 23.7. The number of thiazole rings is 1. The number of carbonyl (C=O) groups is 1. The van der Waals surface area contributed by atoms with Gasteiger partial charge in [0.05, 0.1) is 26.3 Å². The molecule has 1 saturated heterocycles. The Labute approximate surface area is 294 Å². The van der Waals surface area contributed by atoms with Crippen molar-refractivity contribution in [3.8, 4) is 11.5 Å². The van der Waals surface area contributed by atoms with Crippen LogP contribution in [0.5, 0.6) is 11.5 Å². The Kier molecular flexibility index (Phi) is 9.68. The molecule has 2 aliphatic rings. The molecule has 12 nitrogen and oxygen atoms in total. The highest BCUT2D eigenvalue weighted by atomic mass is 32.2. The molecule has 0 bridgehead atoms. The number of nitrogens with zero attached hydrogens (tertiary/aromatic N) is 4. The van der Waals surface area contributed by atoms with E-state index in [1.807, 2.05) is 27.7 Å². The molecule has 1 aliphatic heterocycles. The number of carbonyl (C=O) groups excluding carboxylic acids is 1. The van der Waals surface area contributed by atoms with Gasteiger partial charge in [-0.2, -0.15) is 0 Å². The Morgan fingerprint density at radius 1 is 1.16 bits per heavy atom. The van der Waals surface area contributed by atoms with E-state index < -0.39 is 37.7 Å². The molecule has 0 spiro atoms. The quantitative estimate of drug-likeness (QED) is 0.160. The molecule has 0 radical (unpaired) electrons. The largest absolute Gasteiger partial charge is 0.497 e. The number of piperidine rings is 1. The van der Waals surface area contributed by atoms with Gasteiger partial charge in [-0.15, -0.1) is 11.3 Å². The van der Waals surface area contributed by atoms with Crippen LogP contribution in [0.2, 0.25) is 0 Å². The molecule has 0 N–H and O–H groups in total. The van der Waals surface area contributed by atoms with E-state index in [1.54, 1.807) is 28.5 Å². The van der Waals surface area contributed by atoms with E-state index in [-0.39, 0.29) is 34.7 Å². The number of oxazole rings is 1. The lowest BCUT2D eigenvalue weighted by molar-refractivity contribution is 0.0169. The Morgan fingerprint density at radius 2 is 1.88 bits per heavy atom. The minimum absolute atomic E-state index is 0.127. The summed E-state index contributed by atoms with van der Waals surface area (Å²) in [6.45, 7) is 8.48. The third kappa shape index (κ3) is 6.94. The molecule has 50 heavy (non-hydrogen) atoms. The summed E-state index contributed by atoms with van der Waals surface area (Å²) in [5, 5.41) is 1.75. The summed E-state index contributed by atoms with van der Waals surface area (Å²) in [4.78, 5) is 31.2. The number of ether oxygens (including phenoxy) is 3. The van der Waals surface area contributed by atoms with Crippen LogP contribution in [0.1, 0.15) is 71.4 Å². The van der Waals surface area contributed by atoms with Gasteiger partial charge >= 0.3 is 11.8 Å². The van der Waals surface area contributed by atoms with Crippen LogP contribution in [0, 0.1) is 17.2 Å². The normalized spacial score (nSPS) is 17.1. The molecule has 2 fully saturated rings. The standard InChI is InChI=1S/C35H43FN4O8S2/c1-22(35(13-14-35)20-23-11-16-38(17-12-23)32(41)48-34(2,3)4)40-26-9-10-28(29(36)30(26)47-33(40)42)50(43,44)39(31-37-15-18-49-31)21-24-7-8-25(45-5)19-27(24)46-6/h7-10,15,18-19,22-23H,11-14,16-17,20-21H2,1-6H3. The van der Waals surface area contributed by atoms with E-state index >= 15 is 4.39 Å². The smallest absolute Gasteiger partial charge is 0.420 e. The lowest BCUT2D eigenvalue weighted by Crippen LogP contribution is -2.42. The summed E-state index contributed by atoms with van der Waals surface area (Å²) in [6, 6.07) is 7.28. The molecule has 15 heteroatoms. The van der Waals surface area contributed by atoms with Gasteiger partial charge in [0.1, 0.15) is 22.0 Å². The van der Waals surface area contributed by atoms with Gasteiger partial charge in [-0.3, -0.25) is 4.57 Å². The highest BCUT2D eigenvalue weighted by molar-refractivity contribution is 7.93. The van der Waals surface area contributed by atoms with E-state index in [1.165, 1.54) is 37.1 Å². The number of fused-ring (bicyclic) bond motifs is 1. The van der Waals surface area contributed by atoms with Crippen LogP contribution in [-0.2, 0) is 21.3 Å². The summed E-state index contributed by atoms with van der Waals surface area (Å²) in [5.74, 6) is -0.630. The summed E-state index contributed by atoms with van der Waals surface area (Å²) in [7, 11) is -1.58. The maximum atomic E-state index is 16.3. The van der Waals surface area contributed by atoms with Crippen molar-refractivity contribution < 1.29 is 36.2 Å². The predicted molar refractivity (Wildman–Crippen MR) is 187 cm³/mol. The van der Waals surface area contributed by atoms with Crippen LogP contribution in [0.25, 0.3) is 11.1 Å². The van der Waals surface area contributed by atoms with Crippen LogP contribution < -0.4 is 19.5 Å². The van der Waals surface area contributed by atoms with Crippen molar-refractivity contribution in [2.45, 2.75) is 82.9 Å². The fourth-order valence-corrected chi connectivity index (χ4v) is 9.24. The van der Waals surface area contributed by atoms with Gasteiger partial charge in [-0.1, -0.05) is 0 Å². The van der Waals surface area contributed by atoms with Crippen molar-refractivity contribution >= 4 is 43.7 Å². The van der Waals surface area contributed by atoms with E-state index in [9.17, 15) is 18.0 Å². The average Bonchev–Trinajstić information content (AvgIpc) is 3.48. The molecule has 270 valence electrons. The van der Waals surface area contributed by atoms with Crippen molar-refractivity contribution in [1.82, 2.24) is 14.5 Å².